The normalized spacial score (nSPS) is 15.0. The standard InChI is InChI=1S/C15H12O2Si.C11H12O2Si.C11H20O2Si.C5H8O2Si.C4H7NO2Si.CH4.4ClH/c1-3-7-12(8-4-1)14-11-15(17-18-16-14)13-9-5-2-6-10-13;1-8-9(2)12-14-13-11(8)10-6-4-3-5-7-10;1-10(2,3)8-7-9(11(4,5)6)13-14-12-8;1-4-3-5(2)7-8-6-4;1-3-5-4(2)7-8-6-3;;;;;/h1-11,18H;3-7,14H,1-2H3;7,14H,1-6H3;3,8H,1-2H3;8H,1-2H3;1H4;4*1H/p-4. The Kier molecular flexibility index (Phi) is 31.6. The van der Waals surface area contributed by atoms with Crippen molar-refractivity contribution in [2.24, 2.45) is 15.8 Å². The summed E-state index contributed by atoms with van der Waals surface area (Å²) in [4.78, 5) is 3.89. The minimum atomic E-state index is -0.486. The largest absolute Gasteiger partial charge is 1.00 e. The van der Waals surface area contributed by atoms with Crippen LogP contribution in [0.25, 0.3) is 5.76 Å². The maximum absolute atomic E-state index is 5.62. The van der Waals surface area contributed by atoms with E-state index in [1.165, 1.54) is 0 Å². The first-order valence-electron chi connectivity index (χ1n) is 20.1. The Morgan fingerprint density at radius 1 is 0.478 bits per heavy atom. The fourth-order valence-corrected chi connectivity index (χ4v) is 8.71. The van der Waals surface area contributed by atoms with Crippen LogP contribution in [0.15, 0.2) is 137 Å². The van der Waals surface area contributed by atoms with Crippen molar-refractivity contribution in [3.8, 4) is 0 Å². The molecular formula is C47H63Cl4NO10Si5-4. The van der Waals surface area contributed by atoms with Crippen molar-refractivity contribution in [3.05, 3.63) is 149 Å². The van der Waals surface area contributed by atoms with Crippen LogP contribution in [0.3, 0.4) is 0 Å². The van der Waals surface area contributed by atoms with Crippen LogP contribution in [0.4, 0.5) is 0 Å². The molecule has 0 N–H and O–H groups in total. The Hall–Kier alpha value is -4.12. The van der Waals surface area contributed by atoms with Gasteiger partial charge in [0.1, 0.15) is 0 Å². The van der Waals surface area contributed by atoms with Gasteiger partial charge < -0.3 is 92.3 Å². The van der Waals surface area contributed by atoms with E-state index in [1.54, 1.807) is 0 Å². The number of benzene rings is 3. The van der Waals surface area contributed by atoms with Gasteiger partial charge in [-0.15, -0.1) is 4.99 Å². The quantitative estimate of drug-likeness (QED) is 0.196. The Labute approximate surface area is 435 Å². The topological polar surface area (TPSA) is 115 Å². The van der Waals surface area contributed by atoms with Gasteiger partial charge >= 0.3 is 55.9 Å². The molecule has 0 bridgehead atoms. The molecule has 0 aromatic heterocycles. The molecule has 0 radical (unpaired) electrons. The zero-order valence-electron chi connectivity index (χ0n) is 39.3. The highest BCUT2D eigenvalue weighted by Gasteiger charge is 2.31. The van der Waals surface area contributed by atoms with Crippen LogP contribution in [0.1, 0.15) is 115 Å². The molecule has 368 valence electrons. The predicted octanol–water partition coefficient (Wildman–Crippen LogP) is -4.15. The maximum atomic E-state index is 5.62. The fraction of sp³-hybridized carbons (Fsp3) is 0.319. The third-order valence-corrected chi connectivity index (χ3v) is 12.7. The van der Waals surface area contributed by atoms with Gasteiger partial charge in [-0.05, 0) is 65.8 Å². The fourth-order valence-electron chi connectivity index (χ4n) is 5.25. The number of ketones is 4. The molecule has 5 aliphatic rings. The van der Waals surface area contributed by atoms with E-state index < -0.39 is 10.0 Å². The summed E-state index contributed by atoms with van der Waals surface area (Å²) in [6.07, 6.45) is 5.90. The molecule has 0 saturated heterocycles. The molecule has 67 heavy (non-hydrogen) atoms. The number of aliphatic imine (C=N–C) groups is 1. The number of allylic oxidation sites excluding steroid dienone is 7. The predicted molar refractivity (Wildman–Crippen MR) is 262 cm³/mol. The molecule has 5 heterocycles. The van der Waals surface area contributed by atoms with Crippen molar-refractivity contribution >= 4 is 90.7 Å². The van der Waals surface area contributed by atoms with Crippen LogP contribution in [-0.4, -0.2) is 85.0 Å². The second kappa shape index (κ2) is 32.6. The van der Waals surface area contributed by atoms with Crippen LogP contribution in [0, 0.1) is 10.8 Å². The first kappa shape index (κ1) is 65.0. The van der Waals surface area contributed by atoms with Crippen molar-refractivity contribution in [3.63, 3.8) is 0 Å². The van der Waals surface area contributed by atoms with Gasteiger partial charge in [-0.3, -0.25) is 0 Å². The van der Waals surface area contributed by atoms with Crippen molar-refractivity contribution in [2.45, 2.75) is 90.5 Å². The molecule has 3 aromatic rings. The number of halogens is 4. The van der Waals surface area contributed by atoms with E-state index in [1.807, 2.05) is 133 Å². The smallest absolute Gasteiger partial charge is 0.442 e. The molecule has 3 aromatic carbocycles. The Morgan fingerprint density at radius 3 is 1.46 bits per heavy atom. The lowest BCUT2D eigenvalue weighted by atomic mass is 9.87. The zero-order valence-corrected chi connectivity index (χ0v) is 48.1. The van der Waals surface area contributed by atoms with Gasteiger partial charge in [-0.2, -0.15) is 0 Å². The molecule has 5 aliphatic heterocycles. The second-order valence-corrected chi connectivity index (χ2v) is 19.3. The molecular weight excluding hydrogens is 1020 g/mol. The zero-order chi connectivity index (χ0) is 45.1. The van der Waals surface area contributed by atoms with E-state index in [0.29, 0.717) is 11.8 Å². The van der Waals surface area contributed by atoms with E-state index >= 15 is 0 Å². The SMILES string of the molecule is C.C1=C(c2ccccc2)O[SiH-][O+]=C1c1ccccc1.CC(C)(C)C1=CC(C(C)(C)C)=[O+][SiH-]O1.CC1=C(C)C(c2ccccc2)=[O+][SiH-]O1.CC1=CC(C)=[O+][SiH-]O1.CC1=NC(C)=[O+][SiH-]O1.[Cl-].[Cl-].[Cl-].[Cl-]. The van der Waals surface area contributed by atoms with Gasteiger partial charge in [0.2, 0.25) is 0 Å². The number of nitrogens with zero attached hydrogens (tertiary/aromatic N) is 1. The molecule has 8 rings (SSSR count). The van der Waals surface area contributed by atoms with E-state index in [9.17, 15) is 0 Å². The van der Waals surface area contributed by atoms with Gasteiger partial charge in [-0.25, -0.2) is 0 Å². The Balaban J connectivity index is 0. The summed E-state index contributed by atoms with van der Waals surface area (Å²) in [5.74, 6) is 9.15. The van der Waals surface area contributed by atoms with Crippen molar-refractivity contribution < 1.29 is 92.3 Å². The maximum Gasteiger partial charge on any atom is 0.442 e. The molecule has 0 fully saturated rings. The minimum Gasteiger partial charge on any atom is -1.00 e. The third kappa shape index (κ3) is 23.2. The second-order valence-electron chi connectivity index (χ2n) is 16.0. The summed E-state index contributed by atoms with van der Waals surface area (Å²) in [6.45, 7) is 24.4. The van der Waals surface area contributed by atoms with E-state index in [0.717, 1.165) is 68.4 Å². The molecule has 0 atom stereocenters. The van der Waals surface area contributed by atoms with E-state index in [-0.39, 0.29) is 108 Å². The molecule has 0 aliphatic carbocycles. The lowest BCUT2D eigenvalue weighted by Crippen LogP contribution is -3.00. The molecule has 0 amide bonds. The molecule has 11 nitrogen and oxygen atoms in total. The molecule has 20 heteroatoms. The highest BCUT2D eigenvalue weighted by Crippen LogP contribution is 2.29. The molecule has 0 saturated carbocycles. The highest BCUT2D eigenvalue weighted by molar-refractivity contribution is 6.25. The van der Waals surface area contributed by atoms with Gasteiger partial charge in [0, 0.05) is 24.8 Å². The van der Waals surface area contributed by atoms with Crippen LogP contribution >= 0.6 is 0 Å². The van der Waals surface area contributed by atoms with E-state index in [2.05, 4.69) is 64.7 Å². The lowest BCUT2D eigenvalue weighted by molar-refractivity contribution is -0.311. The summed E-state index contributed by atoms with van der Waals surface area (Å²) < 4.78 is 53.3. The third-order valence-electron chi connectivity index (χ3n) is 8.74. The molecule has 0 unspecified atom stereocenters. The van der Waals surface area contributed by atoms with Crippen molar-refractivity contribution in [1.29, 1.82) is 0 Å². The first-order chi connectivity index (χ1) is 29.5. The average molecular weight is 1080 g/mol. The summed E-state index contributed by atoms with van der Waals surface area (Å²) in [7, 11) is -1.85. The number of rotatable bonds is 3. The summed E-state index contributed by atoms with van der Waals surface area (Å²) in [5.41, 5.74) is 4.54. The number of amides is 1. The van der Waals surface area contributed by atoms with Gasteiger partial charge in [0.15, 0.2) is 5.90 Å². The van der Waals surface area contributed by atoms with Crippen molar-refractivity contribution in [2.75, 3.05) is 0 Å². The monoisotopic (exact) mass is 1080 g/mol. The first-order valence-corrected chi connectivity index (χ1v) is 24.8. The van der Waals surface area contributed by atoms with Gasteiger partial charge in [0.25, 0.3) is 23.1 Å². The van der Waals surface area contributed by atoms with Gasteiger partial charge in [0.05, 0.1) is 70.3 Å². The highest BCUT2D eigenvalue weighted by atomic mass is 35.5. The number of hydrogen-bond acceptors (Lipinski definition) is 6. The number of carbonyl (C=O) groups excluding carboxylic acids is 5. The summed E-state index contributed by atoms with van der Waals surface area (Å²) in [5, 5.41) is 0. The summed E-state index contributed by atoms with van der Waals surface area (Å²) >= 11 is 0. The Bertz CT molecular complexity index is 2250. The average Bonchev–Trinajstić information content (AvgIpc) is 3.26. The van der Waals surface area contributed by atoms with Crippen LogP contribution < -0.4 is 49.6 Å². The lowest BCUT2D eigenvalue weighted by Gasteiger charge is -2.28. The molecule has 0 spiro atoms. The van der Waals surface area contributed by atoms with Crippen molar-refractivity contribution in [1.82, 2.24) is 0 Å². The number of hydrogen-bond donors (Lipinski definition) is 0. The Morgan fingerprint density at radius 2 is 0.985 bits per heavy atom. The van der Waals surface area contributed by atoms with E-state index in [4.69, 9.17) is 42.7 Å². The summed E-state index contributed by atoms with van der Waals surface area (Å²) in [6, 6.07) is 30.3. The van der Waals surface area contributed by atoms with Crippen LogP contribution in [0.5, 0.6) is 0 Å². The van der Waals surface area contributed by atoms with Gasteiger partial charge in [-0.1, -0.05) is 94.9 Å². The van der Waals surface area contributed by atoms with Crippen LogP contribution in [-0.2, 0) is 34.5 Å². The minimum absolute atomic E-state index is 0. The van der Waals surface area contributed by atoms with Crippen LogP contribution in [0.2, 0.25) is 0 Å².